The van der Waals surface area contributed by atoms with E-state index in [9.17, 15) is 14.4 Å². The van der Waals surface area contributed by atoms with Crippen LogP contribution in [-0.4, -0.2) is 30.9 Å². The normalized spacial score (nSPS) is 22.1. The Labute approximate surface area is 153 Å². The zero-order valence-electron chi connectivity index (χ0n) is 15.6. The Hall–Kier alpha value is -2.43. The molecule has 1 aromatic rings. The van der Waals surface area contributed by atoms with Crippen molar-refractivity contribution < 1.29 is 23.9 Å². The number of ether oxygens (including phenoxy) is 2. The third kappa shape index (κ3) is 2.49. The van der Waals surface area contributed by atoms with Crippen molar-refractivity contribution in [3.05, 3.63) is 41.5 Å². The predicted molar refractivity (Wildman–Crippen MR) is 96.3 cm³/mol. The van der Waals surface area contributed by atoms with Crippen LogP contribution in [0.2, 0.25) is 0 Å². The van der Waals surface area contributed by atoms with Crippen molar-refractivity contribution in [1.29, 1.82) is 0 Å². The standard InChI is InChI=1S/C21H24O5/c1-5-25-18(23)21(19(24)26-6-2)11-15-13-9-7-8-10-14(13)17(22)20(3,4)16(15)12-21/h7-11,16H,5-6,12H2,1-4H3. The highest BCUT2D eigenvalue weighted by molar-refractivity contribution is 6.12. The number of carbonyl (C=O) groups is 3. The van der Waals surface area contributed by atoms with Gasteiger partial charge in [0, 0.05) is 11.0 Å². The minimum atomic E-state index is -1.50. The SMILES string of the molecule is CCOC(=O)C1(C(=O)OCC)C=C2c3ccccc3C(=O)C(C)(C)C2C1. The molecule has 0 saturated heterocycles. The van der Waals surface area contributed by atoms with Crippen molar-refractivity contribution in [2.45, 2.75) is 34.1 Å². The quantitative estimate of drug-likeness (QED) is 0.611. The summed E-state index contributed by atoms with van der Waals surface area (Å²) in [5.41, 5.74) is 0.0502. The van der Waals surface area contributed by atoms with Gasteiger partial charge in [0.25, 0.3) is 0 Å². The molecule has 1 atom stereocenters. The van der Waals surface area contributed by atoms with E-state index in [2.05, 4.69) is 0 Å². The Bertz CT molecular complexity index is 784. The summed E-state index contributed by atoms with van der Waals surface area (Å²) in [6, 6.07) is 7.35. The predicted octanol–water partition coefficient (Wildman–Crippen LogP) is 3.43. The lowest BCUT2D eigenvalue weighted by Crippen LogP contribution is -2.43. The molecule has 0 aliphatic heterocycles. The van der Waals surface area contributed by atoms with Crippen LogP contribution in [0.4, 0.5) is 0 Å². The molecule has 3 rings (SSSR count). The summed E-state index contributed by atoms with van der Waals surface area (Å²) in [5.74, 6) is -1.44. The van der Waals surface area contributed by atoms with Gasteiger partial charge < -0.3 is 9.47 Å². The van der Waals surface area contributed by atoms with Crippen molar-refractivity contribution >= 4 is 23.3 Å². The van der Waals surface area contributed by atoms with Crippen LogP contribution in [0.25, 0.3) is 5.57 Å². The Morgan fingerprint density at radius 3 is 2.12 bits per heavy atom. The Balaban J connectivity index is 2.19. The maximum atomic E-state index is 13.0. The van der Waals surface area contributed by atoms with Crippen LogP contribution in [0.5, 0.6) is 0 Å². The number of esters is 2. The molecule has 0 radical (unpaired) electrons. The van der Waals surface area contributed by atoms with Gasteiger partial charge in [0.1, 0.15) is 0 Å². The molecule has 0 bridgehead atoms. The highest BCUT2D eigenvalue weighted by Gasteiger charge is 2.59. The van der Waals surface area contributed by atoms with Crippen LogP contribution < -0.4 is 0 Å². The molecule has 5 nitrogen and oxygen atoms in total. The van der Waals surface area contributed by atoms with Gasteiger partial charge in [-0.05, 0) is 37.3 Å². The fourth-order valence-corrected chi connectivity index (χ4v) is 4.09. The summed E-state index contributed by atoms with van der Waals surface area (Å²) in [6.07, 6.45) is 1.87. The second-order valence-electron chi connectivity index (χ2n) is 7.37. The molecule has 0 aromatic heterocycles. The maximum Gasteiger partial charge on any atom is 0.327 e. The summed E-state index contributed by atoms with van der Waals surface area (Å²) in [4.78, 5) is 38.6. The van der Waals surface area contributed by atoms with E-state index >= 15 is 0 Å². The first-order chi connectivity index (χ1) is 12.3. The van der Waals surface area contributed by atoms with E-state index in [0.29, 0.717) is 5.56 Å². The molecule has 0 amide bonds. The lowest BCUT2D eigenvalue weighted by atomic mass is 9.63. The van der Waals surface area contributed by atoms with Gasteiger partial charge in [-0.1, -0.05) is 44.2 Å². The number of fused-ring (bicyclic) bond motifs is 3. The lowest BCUT2D eigenvalue weighted by molar-refractivity contribution is -0.168. The Morgan fingerprint density at radius 2 is 1.58 bits per heavy atom. The second kappa shape index (κ2) is 6.38. The summed E-state index contributed by atoms with van der Waals surface area (Å²) in [6.45, 7) is 7.50. The third-order valence-corrected chi connectivity index (χ3v) is 5.52. The number of ketones is 1. The third-order valence-electron chi connectivity index (χ3n) is 5.52. The molecule has 26 heavy (non-hydrogen) atoms. The molecular formula is C21H24O5. The maximum absolute atomic E-state index is 13.0. The molecule has 1 unspecified atom stereocenters. The molecule has 5 heteroatoms. The van der Waals surface area contributed by atoms with Gasteiger partial charge in [-0.15, -0.1) is 0 Å². The van der Waals surface area contributed by atoms with E-state index in [0.717, 1.165) is 11.1 Å². The summed E-state index contributed by atoms with van der Waals surface area (Å²) in [7, 11) is 0. The minimum absolute atomic E-state index is 0.0266. The van der Waals surface area contributed by atoms with Crippen LogP contribution in [0.1, 0.15) is 50.0 Å². The smallest absolute Gasteiger partial charge is 0.327 e. The monoisotopic (exact) mass is 356 g/mol. The molecule has 1 aromatic carbocycles. The van der Waals surface area contributed by atoms with Gasteiger partial charge in [0.15, 0.2) is 11.2 Å². The number of benzene rings is 1. The summed E-state index contributed by atoms with van der Waals surface area (Å²) >= 11 is 0. The largest absolute Gasteiger partial charge is 0.465 e. The van der Waals surface area contributed by atoms with Crippen LogP contribution in [0.15, 0.2) is 30.3 Å². The van der Waals surface area contributed by atoms with E-state index in [-0.39, 0.29) is 31.3 Å². The van der Waals surface area contributed by atoms with E-state index in [1.807, 2.05) is 32.0 Å². The summed E-state index contributed by atoms with van der Waals surface area (Å²) < 4.78 is 10.4. The number of allylic oxidation sites excluding steroid dienone is 1. The van der Waals surface area contributed by atoms with E-state index in [4.69, 9.17) is 9.47 Å². The summed E-state index contributed by atoms with van der Waals surface area (Å²) in [5, 5.41) is 0. The second-order valence-corrected chi connectivity index (χ2v) is 7.37. The average Bonchev–Trinajstić information content (AvgIpc) is 3.04. The number of hydrogen-bond acceptors (Lipinski definition) is 5. The van der Waals surface area contributed by atoms with Crippen molar-refractivity contribution in [2.75, 3.05) is 13.2 Å². The number of rotatable bonds is 4. The van der Waals surface area contributed by atoms with E-state index in [1.54, 1.807) is 26.0 Å². The van der Waals surface area contributed by atoms with Crippen LogP contribution in [0.3, 0.4) is 0 Å². The van der Waals surface area contributed by atoms with Gasteiger partial charge in [-0.3, -0.25) is 14.4 Å². The van der Waals surface area contributed by atoms with Gasteiger partial charge >= 0.3 is 11.9 Å². The molecule has 2 aliphatic carbocycles. The number of Topliss-reactive ketones (excluding diaryl/α,β-unsaturated/α-hetero) is 1. The van der Waals surface area contributed by atoms with Gasteiger partial charge in [0.05, 0.1) is 13.2 Å². The average molecular weight is 356 g/mol. The molecule has 0 spiro atoms. The number of hydrogen-bond donors (Lipinski definition) is 0. The highest BCUT2D eigenvalue weighted by Crippen LogP contribution is 2.57. The van der Waals surface area contributed by atoms with Crippen LogP contribution in [0, 0.1) is 16.7 Å². The molecule has 138 valence electrons. The molecule has 0 heterocycles. The lowest BCUT2D eigenvalue weighted by Gasteiger charge is -2.38. The van der Waals surface area contributed by atoms with Gasteiger partial charge in [-0.25, -0.2) is 0 Å². The molecule has 0 fully saturated rings. The minimum Gasteiger partial charge on any atom is -0.465 e. The van der Waals surface area contributed by atoms with Crippen molar-refractivity contribution in [2.24, 2.45) is 16.7 Å². The van der Waals surface area contributed by atoms with Crippen LogP contribution >= 0.6 is 0 Å². The van der Waals surface area contributed by atoms with E-state index in [1.165, 1.54) is 0 Å². The Kier molecular flexibility index (Phi) is 4.51. The molecular weight excluding hydrogens is 332 g/mol. The molecule has 0 saturated carbocycles. The zero-order valence-corrected chi connectivity index (χ0v) is 15.6. The van der Waals surface area contributed by atoms with Gasteiger partial charge in [0.2, 0.25) is 0 Å². The van der Waals surface area contributed by atoms with Crippen LogP contribution in [-0.2, 0) is 19.1 Å². The number of carbonyl (C=O) groups excluding carboxylic acids is 3. The first kappa shape index (κ1) is 18.4. The fourth-order valence-electron chi connectivity index (χ4n) is 4.09. The molecule has 2 aliphatic rings. The first-order valence-electron chi connectivity index (χ1n) is 9.01. The molecule has 0 N–H and O–H groups in total. The van der Waals surface area contributed by atoms with Crippen molar-refractivity contribution in [3.63, 3.8) is 0 Å². The highest BCUT2D eigenvalue weighted by atomic mass is 16.6. The fraction of sp³-hybridized carbons (Fsp3) is 0.476. The van der Waals surface area contributed by atoms with E-state index < -0.39 is 22.8 Å². The van der Waals surface area contributed by atoms with Crippen molar-refractivity contribution in [3.8, 4) is 0 Å². The zero-order chi connectivity index (χ0) is 19.1. The van der Waals surface area contributed by atoms with Crippen molar-refractivity contribution in [1.82, 2.24) is 0 Å². The first-order valence-corrected chi connectivity index (χ1v) is 9.01. The van der Waals surface area contributed by atoms with Gasteiger partial charge in [-0.2, -0.15) is 0 Å². The topological polar surface area (TPSA) is 69.7 Å². The Morgan fingerprint density at radius 1 is 1.04 bits per heavy atom.